The Labute approximate surface area is 134 Å². The zero-order valence-electron chi connectivity index (χ0n) is 12.3. The van der Waals surface area contributed by atoms with Crippen molar-refractivity contribution >= 4 is 32.7 Å². The molecule has 3 rings (SSSR count). The summed E-state index contributed by atoms with van der Waals surface area (Å²) in [5.41, 5.74) is 2.53. The minimum absolute atomic E-state index is 0.323. The lowest BCUT2D eigenvalue weighted by atomic mass is 10.1. The van der Waals surface area contributed by atoms with Gasteiger partial charge in [-0.2, -0.15) is 0 Å². The molecule has 0 atom stereocenters. The van der Waals surface area contributed by atoms with Gasteiger partial charge in [0.1, 0.15) is 4.21 Å². The first-order valence-corrected chi connectivity index (χ1v) is 9.42. The standard InChI is InChI=1S/C15H18N2O3S2/c1-12-4-5-13(17-6-8-20-9-7-17)11-14(12)16-22(18,19)15-3-2-10-21-15/h2-5,10-11,16H,6-9H2,1H3. The Kier molecular flexibility index (Phi) is 4.37. The molecule has 0 radical (unpaired) electrons. The van der Waals surface area contributed by atoms with E-state index in [1.807, 2.05) is 25.1 Å². The summed E-state index contributed by atoms with van der Waals surface area (Å²) in [5.74, 6) is 0. The number of morpholine rings is 1. The highest BCUT2D eigenvalue weighted by molar-refractivity contribution is 7.94. The van der Waals surface area contributed by atoms with Crippen molar-refractivity contribution in [2.75, 3.05) is 35.9 Å². The molecule has 1 aromatic carbocycles. The fourth-order valence-electron chi connectivity index (χ4n) is 2.35. The molecule has 1 aromatic heterocycles. The van der Waals surface area contributed by atoms with Gasteiger partial charge in [0.25, 0.3) is 10.0 Å². The van der Waals surface area contributed by atoms with Gasteiger partial charge in [0.2, 0.25) is 0 Å². The Bertz CT molecular complexity index is 736. The zero-order chi connectivity index (χ0) is 15.6. The lowest BCUT2D eigenvalue weighted by molar-refractivity contribution is 0.122. The number of rotatable bonds is 4. The highest BCUT2D eigenvalue weighted by atomic mass is 32.2. The van der Waals surface area contributed by atoms with Crippen molar-refractivity contribution in [2.45, 2.75) is 11.1 Å². The molecule has 2 heterocycles. The lowest BCUT2D eigenvalue weighted by Crippen LogP contribution is -2.36. The molecule has 0 unspecified atom stereocenters. The van der Waals surface area contributed by atoms with Crippen molar-refractivity contribution in [3.8, 4) is 0 Å². The summed E-state index contributed by atoms with van der Waals surface area (Å²) in [7, 11) is -3.51. The maximum absolute atomic E-state index is 12.4. The molecular weight excluding hydrogens is 320 g/mol. The molecule has 0 saturated carbocycles. The van der Waals surface area contributed by atoms with Crippen LogP contribution < -0.4 is 9.62 Å². The van der Waals surface area contributed by atoms with Gasteiger partial charge in [0.15, 0.2) is 0 Å². The van der Waals surface area contributed by atoms with E-state index in [0.29, 0.717) is 23.1 Å². The van der Waals surface area contributed by atoms with Gasteiger partial charge >= 0.3 is 0 Å². The third-order valence-corrected chi connectivity index (χ3v) is 6.36. The second kappa shape index (κ2) is 6.28. The van der Waals surface area contributed by atoms with Crippen LogP contribution in [-0.4, -0.2) is 34.7 Å². The number of hydrogen-bond acceptors (Lipinski definition) is 5. The largest absolute Gasteiger partial charge is 0.378 e. The quantitative estimate of drug-likeness (QED) is 0.931. The number of hydrogen-bond donors (Lipinski definition) is 1. The normalized spacial score (nSPS) is 15.8. The fraction of sp³-hybridized carbons (Fsp3) is 0.333. The van der Waals surface area contributed by atoms with E-state index in [2.05, 4.69) is 9.62 Å². The number of benzene rings is 1. The van der Waals surface area contributed by atoms with Gasteiger partial charge in [-0.25, -0.2) is 8.42 Å². The smallest absolute Gasteiger partial charge is 0.271 e. The number of ether oxygens (including phenoxy) is 1. The molecular formula is C15H18N2O3S2. The summed E-state index contributed by atoms with van der Waals surface area (Å²) < 4.78 is 33.1. The van der Waals surface area contributed by atoms with Gasteiger partial charge in [-0.1, -0.05) is 12.1 Å². The van der Waals surface area contributed by atoms with Crippen molar-refractivity contribution in [1.82, 2.24) is 0 Å². The molecule has 1 aliphatic heterocycles. The van der Waals surface area contributed by atoms with Gasteiger partial charge in [0, 0.05) is 18.8 Å². The van der Waals surface area contributed by atoms with E-state index in [0.717, 1.165) is 24.3 Å². The first-order chi connectivity index (χ1) is 10.6. The van der Waals surface area contributed by atoms with Crippen LogP contribution in [0.25, 0.3) is 0 Å². The van der Waals surface area contributed by atoms with Crippen LogP contribution in [0.5, 0.6) is 0 Å². The fourth-order valence-corrected chi connectivity index (χ4v) is 4.46. The molecule has 5 nitrogen and oxygen atoms in total. The Hall–Kier alpha value is -1.57. The highest BCUT2D eigenvalue weighted by Crippen LogP contribution is 2.27. The molecule has 1 saturated heterocycles. The molecule has 1 N–H and O–H groups in total. The van der Waals surface area contributed by atoms with Gasteiger partial charge in [0.05, 0.1) is 18.9 Å². The Balaban J connectivity index is 1.87. The van der Waals surface area contributed by atoms with Gasteiger partial charge in [-0.3, -0.25) is 4.72 Å². The Morgan fingerprint density at radius 2 is 2.00 bits per heavy atom. The molecule has 0 bridgehead atoms. The van der Waals surface area contributed by atoms with Gasteiger partial charge < -0.3 is 9.64 Å². The molecule has 2 aromatic rings. The second-order valence-corrected chi connectivity index (χ2v) is 7.99. The predicted molar refractivity (Wildman–Crippen MR) is 89.3 cm³/mol. The minimum Gasteiger partial charge on any atom is -0.378 e. The van der Waals surface area contributed by atoms with Gasteiger partial charge in [-0.05, 0) is 36.1 Å². The van der Waals surface area contributed by atoms with Crippen LogP contribution in [0.1, 0.15) is 5.56 Å². The monoisotopic (exact) mass is 338 g/mol. The third-order valence-electron chi connectivity index (χ3n) is 3.60. The summed E-state index contributed by atoms with van der Waals surface area (Å²) in [6, 6.07) is 9.19. The number of thiophene rings is 1. The van der Waals surface area contributed by atoms with Crippen LogP contribution >= 0.6 is 11.3 Å². The second-order valence-electron chi connectivity index (χ2n) is 5.14. The van der Waals surface area contributed by atoms with E-state index >= 15 is 0 Å². The number of nitrogens with one attached hydrogen (secondary N) is 1. The first kappa shape index (κ1) is 15.3. The molecule has 1 fully saturated rings. The summed E-state index contributed by atoms with van der Waals surface area (Å²) in [6.45, 7) is 4.93. The zero-order valence-corrected chi connectivity index (χ0v) is 13.9. The number of aryl methyl sites for hydroxylation is 1. The molecule has 22 heavy (non-hydrogen) atoms. The van der Waals surface area contributed by atoms with Crippen LogP contribution in [0.2, 0.25) is 0 Å². The highest BCUT2D eigenvalue weighted by Gasteiger charge is 2.18. The van der Waals surface area contributed by atoms with Crippen molar-refractivity contribution in [3.05, 3.63) is 41.3 Å². The topological polar surface area (TPSA) is 58.6 Å². The number of sulfonamides is 1. The molecule has 0 amide bonds. The maximum Gasteiger partial charge on any atom is 0.271 e. The molecule has 0 aliphatic carbocycles. The van der Waals surface area contributed by atoms with Crippen LogP contribution in [0, 0.1) is 6.92 Å². The molecule has 7 heteroatoms. The van der Waals surface area contributed by atoms with Gasteiger partial charge in [-0.15, -0.1) is 11.3 Å². The lowest BCUT2D eigenvalue weighted by Gasteiger charge is -2.29. The van der Waals surface area contributed by atoms with Crippen LogP contribution in [0.15, 0.2) is 39.9 Å². The summed E-state index contributed by atoms with van der Waals surface area (Å²) in [5, 5.41) is 1.76. The van der Waals surface area contributed by atoms with Crippen LogP contribution in [0.4, 0.5) is 11.4 Å². The summed E-state index contributed by atoms with van der Waals surface area (Å²) >= 11 is 1.21. The Morgan fingerprint density at radius 3 is 2.68 bits per heavy atom. The predicted octanol–water partition coefficient (Wildman–Crippen LogP) is 2.69. The SMILES string of the molecule is Cc1ccc(N2CCOCC2)cc1NS(=O)(=O)c1cccs1. The minimum atomic E-state index is -3.51. The van der Waals surface area contributed by atoms with Crippen molar-refractivity contribution < 1.29 is 13.2 Å². The van der Waals surface area contributed by atoms with E-state index in [4.69, 9.17) is 4.74 Å². The average Bonchev–Trinajstić information content (AvgIpc) is 3.05. The van der Waals surface area contributed by atoms with Crippen LogP contribution in [0.3, 0.4) is 0 Å². The summed E-state index contributed by atoms with van der Waals surface area (Å²) in [6.07, 6.45) is 0. The van der Waals surface area contributed by atoms with Crippen molar-refractivity contribution in [3.63, 3.8) is 0 Å². The average molecular weight is 338 g/mol. The van der Waals surface area contributed by atoms with E-state index in [9.17, 15) is 8.42 Å². The molecule has 118 valence electrons. The maximum atomic E-state index is 12.4. The van der Waals surface area contributed by atoms with Crippen molar-refractivity contribution in [2.24, 2.45) is 0 Å². The third kappa shape index (κ3) is 3.26. The number of anilines is 2. The van der Waals surface area contributed by atoms with Crippen molar-refractivity contribution in [1.29, 1.82) is 0 Å². The van der Waals surface area contributed by atoms with E-state index < -0.39 is 10.0 Å². The number of nitrogens with zero attached hydrogens (tertiary/aromatic N) is 1. The summed E-state index contributed by atoms with van der Waals surface area (Å²) in [4.78, 5) is 2.20. The van der Waals surface area contributed by atoms with E-state index in [1.54, 1.807) is 17.5 Å². The van der Waals surface area contributed by atoms with Crippen LogP contribution in [-0.2, 0) is 14.8 Å². The Morgan fingerprint density at radius 1 is 1.23 bits per heavy atom. The first-order valence-electron chi connectivity index (χ1n) is 7.06. The van der Waals surface area contributed by atoms with E-state index in [1.165, 1.54) is 11.3 Å². The molecule has 1 aliphatic rings. The molecule has 0 spiro atoms. The van der Waals surface area contributed by atoms with E-state index in [-0.39, 0.29) is 0 Å².